The van der Waals surface area contributed by atoms with E-state index in [2.05, 4.69) is 180 Å². The maximum atomic E-state index is 6.62. The number of nitrogens with zero attached hydrogens (tertiary/aromatic N) is 4. The van der Waals surface area contributed by atoms with Crippen molar-refractivity contribution in [1.82, 2.24) is 19.5 Å². The molecule has 4 aromatic heterocycles. The lowest BCUT2D eigenvalue weighted by molar-refractivity contribution is 0.668. The highest BCUT2D eigenvalue weighted by Crippen LogP contribution is 2.42. The van der Waals surface area contributed by atoms with Crippen molar-refractivity contribution in [3.8, 4) is 51.0 Å². The van der Waals surface area contributed by atoms with Gasteiger partial charge in [-0.2, -0.15) is 0 Å². The summed E-state index contributed by atoms with van der Waals surface area (Å²) < 4.78 is 11.4. The Balaban J connectivity index is 1.12. The van der Waals surface area contributed by atoms with Crippen LogP contribution in [0.4, 0.5) is 0 Å². The van der Waals surface area contributed by atoms with Crippen molar-refractivity contribution in [2.75, 3.05) is 0 Å². The summed E-state index contributed by atoms with van der Waals surface area (Å²) in [6, 6.07) is 68.6. The second kappa shape index (κ2) is 13.3. The Hall–Kier alpha value is -7.93. The number of para-hydroxylation sites is 2. The van der Waals surface area contributed by atoms with E-state index in [0.717, 1.165) is 66.5 Å². The maximum absolute atomic E-state index is 6.62. The van der Waals surface area contributed by atoms with Crippen molar-refractivity contribution in [2.45, 2.75) is 0 Å². The second-order valence-electron chi connectivity index (χ2n) is 15.6. The van der Waals surface area contributed by atoms with Crippen molar-refractivity contribution in [3.63, 3.8) is 0 Å². The van der Waals surface area contributed by atoms with Crippen LogP contribution in [0.5, 0.6) is 0 Å². The van der Waals surface area contributed by atoms with Gasteiger partial charge in [0.15, 0.2) is 17.5 Å². The summed E-state index contributed by atoms with van der Waals surface area (Å²) in [5, 5.41) is 9.25. The van der Waals surface area contributed by atoms with Crippen LogP contribution >= 0.6 is 11.3 Å². The number of rotatable bonds is 5. The molecule has 0 aliphatic heterocycles. The van der Waals surface area contributed by atoms with Gasteiger partial charge in [0.1, 0.15) is 11.2 Å². The zero-order valence-corrected chi connectivity index (χ0v) is 33.4. The average Bonchev–Trinajstić information content (AvgIpc) is 3.99. The maximum Gasteiger partial charge on any atom is 0.166 e. The predicted molar refractivity (Wildman–Crippen MR) is 254 cm³/mol. The van der Waals surface area contributed by atoms with Crippen molar-refractivity contribution >= 4 is 86.0 Å². The Bertz CT molecular complexity index is 3900. The highest BCUT2D eigenvalue weighted by atomic mass is 32.1. The standard InChI is InChI=1S/C55H32N4OS/c1-2-13-33(14-3-1)34-17-12-18-37(27-34)53-56-54(38-25-26-42-41-21-8-11-24-51(41)61-52(42)30-38)58-55(57-53)45-31-44-40-20-7-10-23-49(40)60-50(44)32-48(45)59-46-22-9-6-19-39(46)43-28-35-15-4-5-16-36(35)29-47(43)59/h1-32H. The molecule has 5 nitrogen and oxygen atoms in total. The molecule has 61 heavy (non-hydrogen) atoms. The molecule has 0 saturated heterocycles. The minimum atomic E-state index is 0.579. The monoisotopic (exact) mass is 796 g/mol. The van der Waals surface area contributed by atoms with Crippen LogP contribution in [-0.2, 0) is 0 Å². The lowest BCUT2D eigenvalue weighted by atomic mass is 10.0. The normalized spacial score (nSPS) is 11.9. The van der Waals surface area contributed by atoms with Crippen molar-refractivity contribution in [3.05, 3.63) is 194 Å². The van der Waals surface area contributed by atoms with Crippen LogP contribution in [-0.4, -0.2) is 19.5 Å². The highest BCUT2D eigenvalue weighted by Gasteiger charge is 2.23. The first-order chi connectivity index (χ1) is 30.2. The van der Waals surface area contributed by atoms with Crippen LogP contribution in [0, 0.1) is 0 Å². The van der Waals surface area contributed by atoms with Gasteiger partial charge in [0.2, 0.25) is 0 Å². The molecule has 0 bridgehead atoms. The summed E-state index contributed by atoms with van der Waals surface area (Å²) >= 11 is 1.79. The largest absolute Gasteiger partial charge is 0.456 e. The summed E-state index contributed by atoms with van der Waals surface area (Å²) in [5.74, 6) is 1.79. The van der Waals surface area contributed by atoms with Crippen LogP contribution in [0.3, 0.4) is 0 Å². The van der Waals surface area contributed by atoms with Gasteiger partial charge in [-0.25, -0.2) is 15.0 Å². The number of aromatic nitrogens is 4. The Morgan fingerprint density at radius 1 is 0.361 bits per heavy atom. The van der Waals surface area contributed by atoms with E-state index in [1.165, 1.54) is 41.7 Å². The smallest absolute Gasteiger partial charge is 0.166 e. The van der Waals surface area contributed by atoms with Crippen LogP contribution in [0.25, 0.3) is 126 Å². The van der Waals surface area contributed by atoms with Crippen molar-refractivity contribution in [1.29, 1.82) is 0 Å². The molecule has 13 rings (SSSR count). The predicted octanol–water partition coefficient (Wildman–Crippen LogP) is 15.1. The van der Waals surface area contributed by atoms with Gasteiger partial charge in [0, 0.05) is 64.5 Å². The molecule has 0 fully saturated rings. The lowest BCUT2D eigenvalue weighted by Gasteiger charge is -2.15. The van der Waals surface area contributed by atoms with E-state index >= 15 is 0 Å². The van der Waals surface area contributed by atoms with Gasteiger partial charge < -0.3 is 8.98 Å². The zero-order valence-electron chi connectivity index (χ0n) is 32.6. The molecular weight excluding hydrogens is 765 g/mol. The van der Waals surface area contributed by atoms with Crippen LogP contribution < -0.4 is 0 Å². The fourth-order valence-electron chi connectivity index (χ4n) is 9.13. The third-order valence-corrected chi connectivity index (χ3v) is 13.2. The van der Waals surface area contributed by atoms with E-state index in [1.54, 1.807) is 11.3 Å². The van der Waals surface area contributed by atoms with E-state index in [1.807, 2.05) is 18.2 Å². The summed E-state index contributed by atoms with van der Waals surface area (Å²) in [4.78, 5) is 16.1. The summed E-state index contributed by atoms with van der Waals surface area (Å²) in [6.07, 6.45) is 0. The molecule has 0 N–H and O–H groups in total. The Morgan fingerprint density at radius 3 is 1.89 bits per heavy atom. The van der Waals surface area contributed by atoms with Crippen molar-refractivity contribution in [2.24, 2.45) is 0 Å². The van der Waals surface area contributed by atoms with Gasteiger partial charge in [-0.3, -0.25) is 0 Å². The minimum absolute atomic E-state index is 0.579. The molecular formula is C55H32N4OS. The van der Waals surface area contributed by atoms with Crippen LogP contribution in [0.2, 0.25) is 0 Å². The first-order valence-electron chi connectivity index (χ1n) is 20.4. The van der Waals surface area contributed by atoms with E-state index in [-0.39, 0.29) is 0 Å². The number of furan rings is 1. The SMILES string of the molecule is c1ccc(-c2cccc(-c3nc(-c4ccc5c(c4)sc4ccccc45)nc(-c4cc5c(cc4-n4c6ccccc6c6cc7ccccc7cc64)oc4ccccc45)n3)c2)cc1. The first-order valence-corrected chi connectivity index (χ1v) is 21.2. The third-order valence-electron chi connectivity index (χ3n) is 12.0. The fraction of sp³-hybridized carbons (Fsp3) is 0. The summed E-state index contributed by atoms with van der Waals surface area (Å²) in [5.41, 5.74) is 9.69. The third kappa shape index (κ3) is 5.43. The van der Waals surface area contributed by atoms with E-state index in [0.29, 0.717) is 17.5 Å². The molecule has 0 aliphatic rings. The van der Waals surface area contributed by atoms with E-state index < -0.39 is 0 Å². The fourth-order valence-corrected chi connectivity index (χ4v) is 10.3. The molecule has 4 heterocycles. The van der Waals surface area contributed by atoms with Gasteiger partial charge in [-0.15, -0.1) is 11.3 Å². The Morgan fingerprint density at radius 2 is 1.02 bits per heavy atom. The minimum Gasteiger partial charge on any atom is -0.456 e. The van der Waals surface area contributed by atoms with E-state index in [9.17, 15) is 0 Å². The van der Waals surface area contributed by atoms with Crippen molar-refractivity contribution < 1.29 is 4.42 Å². The summed E-state index contributed by atoms with van der Waals surface area (Å²) in [6.45, 7) is 0. The highest BCUT2D eigenvalue weighted by molar-refractivity contribution is 7.25. The Kier molecular flexibility index (Phi) is 7.41. The topological polar surface area (TPSA) is 56.7 Å². The molecule has 0 atom stereocenters. The van der Waals surface area contributed by atoms with Gasteiger partial charge in [-0.05, 0) is 70.4 Å². The average molecular weight is 797 g/mol. The molecule has 0 amide bonds. The molecule has 0 radical (unpaired) electrons. The quantitative estimate of drug-likeness (QED) is 0.174. The number of hydrogen-bond acceptors (Lipinski definition) is 5. The van der Waals surface area contributed by atoms with Crippen LogP contribution in [0.15, 0.2) is 199 Å². The molecule has 9 aromatic carbocycles. The molecule has 0 spiro atoms. The number of fused-ring (bicyclic) bond motifs is 10. The van der Waals surface area contributed by atoms with Crippen LogP contribution in [0.1, 0.15) is 0 Å². The molecule has 6 heteroatoms. The zero-order chi connectivity index (χ0) is 40.0. The van der Waals surface area contributed by atoms with Gasteiger partial charge in [0.05, 0.1) is 16.7 Å². The molecule has 284 valence electrons. The van der Waals surface area contributed by atoms with Gasteiger partial charge >= 0.3 is 0 Å². The summed E-state index contributed by atoms with van der Waals surface area (Å²) in [7, 11) is 0. The molecule has 13 aromatic rings. The number of thiophene rings is 1. The number of benzene rings is 9. The van der Waals surface area contributed by atoms with E-state index in [4.69, 9.17) is 19.4 Å². The molecule has 0 aliphatic carbocycles. The molecule has 0 unspecified atom stereocenters. The number of hydrogen-bond donors (Lipinski definition) is 0. The van der Waals surface area contributed by atoms with Gasteiger partial charge in [0.25, 0.3) is 0 Å². The van der Waals surface area contributed by atoms with Gasteiger partial charge in [-0.1, -0.05) is 140 Å². The Labute approximate surface area is 353 Å². The lowest BCUT2D eigenvalue weighted by Crippen LogP contribution is -2.04. The molecule has 0 saturated carbocycles. The second-order valence-corrected chi connectivity index (χ2v) is 16.7. The first kappa shape index (κ1) is 34.0.